The molecule has 0 saturated heterocycles. The third kappa shape index (κ3) is 3.03. The highest BCUT2D eigenvalue weighted by molar-refractivity contribution is 9.09. The summed E-state index contributed by atoms with van der Waals surface area (Å²) in [4.78, 5) is 23.8. The normalized spacial score (nSPS) is 10.1. The minimum atomic E-state index is -0.476. The zero-order valence-electron chi connectivity index (χ0n) is 9.64. The van der Waals surface area contributed by atoms with Crippen molar-refractivity contribution < 1.29 is 9.72 Å². The molecule has 1 amide bonds. The minimum Gasteiger partial charge on any atom is -0.341 e. The van der Waals surface area contributed by atoms with E-state index in [4.69, 9.17) is 0 Å². The molecule has 0 saturated carbocycles. The number of hydrogen-bond donors (Lipinski definition) is 0. The zero-order valence-corrected chi connectivity index (χ0v) is 11.2. The maximum absolute atomic E-state index is 12.0. The van der Waals surface area contributed by atoms with Crippen molar-refractivity contribution in [1.82, 2.24) is 4.90 Å². The first-order valence-electron chi connectivity index (χ1n) is 5.04. The Hall–Kier alpha value is -1.43. The predicted octanol–water partition coefficient (Wildman–Crippen LogP) is 2.37. The number of carbonyl (C=O) groups is 1. The summed E-state index contributed by atoms with van der Waals surface area (Å²) in [6.07, 6.45) is 0. The van der Waals surface area contributed by atoms with Crippen LogP contribution >= 0.6 is 15.9 Å². The van der Waals surface area contributed by atoms with Crippen molar-refractivity contribution >= 4 is 27.5 Å². The van der Waals surface area contributed by atoms with Gasteiger partial charge < -0.3 is 4.90 Å². The number of nitro groups is 1. The molecule has 17 heavy (non-hydrogen) atoms. The smallest absolute Gasteiger partial charge is 0.273 e. The molecule has 0 bridgehead atoms. The van der Waals surface area contributed by atoms with Crippen LogP contribution in [0.5, 0.6) is 0 Å². The van der Waals surface area contributed by atoms with E-state index in [1.54, 1.807) is 20.0 Å². The third-order valence-electron chi connectivity index (χ3n) is 2.50. The van der Waals surface area contributed by atoms with Crippen molar-refractivity contribution in [3.05, 3.63) is 39.4 Å². The van der Waals surface area contributed by atoms with Gasteiger partial charge >= 0.3 is 0 Å². The standard InChI is InChI=1S/C11H13BrN2O3/c1-8-9(11(15)13(2)7-6-12)4-3-5-10(8)14(16)17/h3-5H,6-7H2,1-2H3. The first kappa shape index (κ1) is 13.6. The van der Waals surface area contributed by atoms with E-state index >= 15 is 0 Å². The van der Waals surface area contributed by atoms with Crippen molar-refractivity contribution in [2.75, 3.05) is 18.9 Å². The van der Waals surface area contributed by atoms with Gasteiger partial charge in [-0.1, -0.05) is 22.0 Å². The van der Waals surface area contributed by atoms with Gasteiger partial charge in [-0.25, -0.2) is 0 Å². The first-order chi connectivity index (χ1) is 7.99. The highest BCUT2D eigenvalue weighted by Gasteiger charge is 2.19. The molecule has 0 aromatic heterocycles. The summed E-state index contributed by atoms with van der Waals surface area (Å²) < 4.78 is 0. The third-order valence-corrected chi connectivity index (χ3v) is 2.85. The molecule has 92 valence electrons. The average molecular weight is 301 g/mol. The van der Waals surface area contributed by atoms with Gasteiger partial charge in [-0.3, -0.25) is 14.9 Å². The van der Waals surface area contributed by atoms with Crippen LogP contribution in [0.3, 0.4) is 0 Å². The van der Waals surface area contributed by atoms with Gasteiger partial charge in [0.25, 0.3) is 11.6 Å². The Balaban J connectivity index is 3.10. The quantitative estimate of drug-likeness (QED) is 0.487. The van der Waals surface area contributed by atoms with Crippen LogP contribution in [-0.4, -0.2) is 34.7 Å². The summed E-state index contributed by atoms with van der Waals surface area (Å²) in [7, 11) is 1.67. The number of hydrogen-bond acceptors (Lipinski definition) is 3. The summed E-state index contributed by atoms with van der Waals surface area (Å²) in [6, 6.07) is 4.53. The Morgan fingerprint density at radius 1 is 1.53 bits per heavy atom. The molecule has 0 radical (unpaired) electrons. The van der Waals surface area contributed by atoms with Crippen molar-refractivity contribution in [3.8, 4) is 0 Å². The second-order valence-electron chi connectivity index (χ2n) is 3.62. The number of nitrogens with zero attached hydrogens (tertiary/aromatic N) is 2. The molecule has 0 atom stereocenters. The lowest BCUT2D eigenvalue weighted by molar-refractivity contribution is -0.385. The lowest BCUT2D eigenvalue weighted by Gasteiger charge is -2.16. The second kappa shape index (κ2) is 5.77. The van der Waals surface area contributed by atoms with E-state index in [9.17, 15) is 14.9 Å². The van der Waals surface area contributed by atoms with Crippen LogP contribution in [0.1, 0.15) is 15.9 Å². The Morgan fingerprint density at radius 2 is 2.18 bits per heavy atom. The van der Waals surface area contributed by atoms with Crippen LogP contribution in [0.4, 0.5) is 5.69 Å². The highest BCUT2D eigenvalue weighted by atomic mass is 79.9. The second-order valence-corrected chi connectivity index (χ2v) is 4.42. The van der Waals surface area contributed by atoms with Crippen LogP contribution < -0.4 is 0 Å². The maximum Gasteiger partial charge on any atom is 0.273 e. The summed E-state index contributed by atoms with van der Waals surface area (Å²) in [6.45, 7) is 2.15. The van der Waals surface area contributed by atoms with Crippen molar-refractivity contribution in [3.63, 3.8) is 0 Å². The molecule has 1 rings (SSSR count). The maximum atomic E-state index is 12.0. The van der Waals surface area contributed by atoms with Crippen molar-refractivity contribution in [2.45, 2.75) is 6.92 Å². The van der Waals surface area contributed by atoms with E-state index in [1.165, 1.54) is 17.0 Å². The average Bonchev–Trinajstić information content (AvgIpc) is 2.28. The van der Waals surface area contributed by atoms with Gasteiger partial charge in [0.15, 0.2) is 0 Å². The molecule has 6 heteroatoms. The van der Waals surface area contributed by atoms with Crippen LogP contribution in [0.2, 0.25) is 0 Å². The monoisotopic (exact) mass is 300 g/mol. The van der Waals surface area contributed by atoms with Crippen LogP contribution in [-0.2, 0) is 0 Å². The molecule has 1 aromatic rings. The summed E-state index contributed by atoms with van der Waals surface area (Å²) in [5.41, 5.74) is 0.759. The largest absolute Gasteiger partial charge is 0.341 e. The molecule has 1 aromatic carbocycles. The Bertz CT molecular complexity index is 448. The van der Waals surface area contributed by atoms with Crippen molar-refractivity contribution in [2.24, 2.45) is 0 Å². The van der Waals surface area contributed by atoms with Gasteiger partial charge in [-0.15, -0.1) is 0 Å². The summed E-state index contributed by atoms with van der Waals surface area (Å²) in [5, 5.41) is 11.4. The lowest BCUT2D eigenvalue weighted by atomic mass is 10.1. The van der Waals surface area contributed by atoms with E-state index < -0.39 is 4.92 Å². The van der Waals surface area contributed by atoms with Crippen LogP contribution in [0.25, 0.3) is 0 Å². The molecule has 0 heterocycles. The number of nitro benzene ring substituents is 1. The Labute approximate surface area is 108 Å². The molecular formula is C11H13BrN2O3. The molecule has 0 unspecified atom stereocenters. The molecule has 0 fully saturated rings. The summed E-state index contributed by atoms with van der Waals surface area (Å²) in [5.74, 6) is -0.203. The number of alkyl halides is 1. The highest BCUT2D eigenvalue weighted by Crippen LogP contribution is 2.21. The van der Waals surface area contributed by atoms with Gasteiger partial charge in [0.2, 0.25) is 0 Å². The van der Waals surface area contributed by atoms with Crippen molar-refractivity contribution in [1.29, 1.82) is 0 Å². The Morgan fingerprint density at radius 3 is 2.71 bits per heavy atom. The fourth-order valence-electron chi connectivity index (χ4n) is 1.49. The van der Waals surface area contributed by atoms with Gasteiger partial charge in [0.05, 0.1) is 4.92 Å². The van der Waals surface area contributed by atoms with Crippen LogP contribution in [0, 0.1) is 17.0 Å². The fourth-order valence-corrected chi connectivity index (χ4v) is 2.02. The number of amides is 1. The topological polar surface area (TPSA) is 63.5 Å². The van der Waals surface area contributed by atoms with E-state index in [0.717, 1.165) is 0 Å². The number of carbonyl (C=O) groups excluding carboxylic acids is 1. The molecule has 0 aliphatic heterocycles. The molecule has 0 aliphatic carbocycles. The number of benzene rings is 1. The zero-order chi connectivity index (χ0) is 13.0. The van der Waals surface area contributed by atoms with E-state index in [-0.39, 0.29) is 11.6 Å². The molecular weight excluding hydrogens is 288 g/mol. The SMILES string of the molecule is Cc1c(C(=O)N(C)CCBr)cccc1[N+](=O)[O-]. The Kier molecular flexibility index (Phi) is 4.62. The van der Waals surface area contributed by atoms with E-state index in [2.05, 4.69) is 15.9 Å². The van der Waals surface area contributed by atoms with E-state index in [0.29, 0.717) is 23.0 Å². The van der Waals surface area contributed by atoms with Crippen LogP contribution in [0.15, 0.2) is 18.2 Å². The van der Waals surface area contributed by atoms with E-state index in [1.807, 2.05) is 0 Å². The number of halogens is 1. The van der Waals surface area contributed by atoms with Gasteiger partial charge in [-0.2, -0.15) is 0 Å². The first-order valence-corrected chi connectivity index (χ1v) is 6.16. The van der Waals surface area contributed by atoms with Gasteiger partial charge in [0.1, 0.15) is 0 Å². The lowest BCUT2D eigenvalue weighted by Crippen LogP contribution is -2.29. The van der Waals surface area contributed by atoms with Gasteiger partial charge in [0, 0.05) is 36.1 Å². The molecule has 0 aliphatic rings. The molecule has 0 N–H and O–H groups in total. The minimum absolute atomic E-state index is 0.0249. The summed E-state index contributed by atoms with van der Waals surface area (Å²) >= 11 is 3.24. The van der Waals surface area contributed by atoms with Gasteiger partial charge in [-0.05, 0) is 13.0 Å². The predicted molar refractivity (Wildman–Crippen MR) is 68.6 cm³/mol. The molecule has 0 spiro atoms. The number of rotatable bonds is 4. The molecule has 5 nitrogen and oxygen atoms in total. The fraction of sp³-hybridized carbons (Fsp3) is 0.364.